The topological polar surface area (TPSA) is 111 Å². The van der Waals surface area contributed by atoms with Crippen molar-refractivity contribution in [3.8, 4) is 5.75 Å². The van der Waals surface area contributed by atoms with Gasteiger partial charge in [0.05, 0.1) is 0 Å². The van der Waals surface area contributed by atoms with Crippen molar-refractivity contribution < 1.29 is 14.7 Å². The standard InChI is InChI=1S/C19H23N3O4.ClH/c1-12(2)11-21-18(25)14(10-13-6-4-3-5-7-13)22-19(26)16-17(24)15(23)8-9-20-16;/h3-9,12,14,24H,10-11H2,1-2H3,(H,20,23)(H,21,25)(H,22,26);1H. The van der Waals surface area contributed by atoms with Crippen LogP contribution in [0.1, 0.15) is 29.9 Å². The molecule has 0 aliphatic carbocycles. The fourth-order valence-electron chi connectivity index (χ4n) is 2.36. The summed E-state index contributed by atoms with van der Waals surface area (Å²) in [6.45, 7) is 4.42. The van der Waals surface area contributed by atoms with Gasteiger partial charge in [-0.15, -0.1) is 12.4 Å². The minimum atomic E-state index is -0.841. The molecule has 1 heterocycles. The van der Waals surface area contributed by atoms with Gasteiger partial charge in [-0.25, -0.2) is 0 Å². The summed E-state index contributed by atoms with van der Waals surface area (Å²) in [6.07, 6.45) is 1.55. The van der Waals surface area contributed by atoms with Gasteiger partial charge in [-0.2, -0.15) is 0 Å². The maximum atomic E-state index is 12.5. The van der Waals surface area contributed by atoms with E-state index in [-0.39, 0.29) is 36.3 Å². The third-order valence-electron chi connectivity index (χ3n) is 3.75. The fourth-order valence-corrected chi connectivity index (χ4v) is 2.36. The maximum Gasteiger partial charge on any atom is 0.272 e. The van der Waals surface area contributed by atoms with Crippen LogP contribution in [0.2, 0.25) is 0 Å². The molecular formula is C19H24ClN3O4. The Morgan fingerprint density at radius 1 is 1.15 bits per heavy atom. The van der Waals surface area contributed by atoms with Gasteiger partial charge in [0, 0.05) is 25.2 Å². The van der Waals surface area contributed by atoms with Crippen molar-refractivity contribution in [2.24, 2.45) is 5.92 Å². The summed E-state index contributed by atoms with van der Waals surface area (Å²) >= 11 is 0. The van der Waals surface area contributed by atoms with Gasteiger partial charge < -0.3 is 20.7 Å². The van der Waals surface area contributed by atoms with Crippen LogP contribution in [0, 0.1) is 5.92 Å². The number of aromatic nitrogens is 1. The number of halogens is 1. The van der Waals surface area contributed by atoms with Crippen LogP contribution < -0.4 is 16.1 Å². The van der Waals surface area contributed by atoms with E-state index in [2.05, 4.69) is 15.6 Å². The second-order valence-electron chi connectivity index (χ2n) is 6.42. The smallest absolute Gasteiger partial charge is 0.272 e. The first-order valence-corrected chi connectivity index (χ1v) is 8.41. The molecule has 1 aromatic heterocycles. The molecule has 27 heavy (non-hydrogen) atoms. The molecule has 1 atom stereocenters. The molecule has 2 aromatic rings. The summed E-state index contributed by atoms with van der Waals surface area (Å²) in [7, 11) is 0. The molecule has 1 aromatic carbocycles. The highest BCUT2D eigenvalue weighted by Crippen LogP contribution is 2.09. The molecule has 0 saturated carbocycles. The van der Waals surface area contributed by atoms with Gasteiger partial charge in [-0.3, -0.25) is 14.4 Å². The molecule has 0 spiro atoms. The number of hydrogen-bond donors (Lipinski definition) is 4. The maximum absolute atomic E-state index is 12.5. The number of aromatic hydroxyl groups is 1. The first-order valence-electron chi connectivity index (χ1n) is 8.41. The Morgan fingerprint density at radius 3 is 2.44 bits per heavy atom. The minimum Gasteiger partial charge on any atom is -0.503 e. The van der Waals surface area contributed by atoms with Crippen molar-refractivity contribution in [2.45, 2.75) is 26.3 Å². The van der Waals surface area contributed by atoms with Crippen molar-refractivity contribution in [1.82, 2.24) is 15.6 Å². The molecule has 0 bridgehead atoms. The van der Waals surface area contributed by atoms with E-state index in [4.69, 9.17) is 0 Å². The number of hydrogen-bond acceptors (Lipinski definition) is 4. The summed E-state index contributed by atoms with van der Waals surface area (Å²) in [5.41, 5.74) is -0.0618. The Kier molecular flexibility index (Phi) is 8.55. The molecule has 4 N–H and O–H groups in total. The summed E-state index contributed by atoms with van der Waals surface area (Å²) in [5.74, 6) is -1.46. The molecule has 7 nitrogen and oxygen atoms in total. The van der Waals surface area contributed by atoms with Gasteiger partial charge in [0.2, 0.25) is 11.3 Å². The lowest BCUT2D eigenvalue weighted by atomic mass is 10.0. The van der Waals surface area contributed by atoms with Crippen LogP contribution in [-0.4, -0.2) is 34.5 Å². The molecule has 1 unspecified atom stereocenters. The lowest BCUT2D eigenvalue weighted by Gasteiger charge is -2.19. The highest BCUT2D eigenvalue weighted by molar-refractivity contribution is 5.98. The highest BCUT2D eigenvalue weighted by atomic mass is 35.5. The van der Waals surface area contributed by atoms with E-state index in [0.717, 1.165) is 11.6 Å². The van der Waals surface area contributed by atoms with Crippen molar-refractivity contribution in [3.63, 3.8) is 0 Å². The number of rotatable bonds is 7. The molecule has 8 heteroatoms. The predicted octanol–water partition coefficient (Wildman–Crippen LogP) is 1.62. The molecule has 146 valence electrons. The summed E-state index contributed by atoms with van der Waals surface area (Å²) in [4.78, 5) is 39.0. The fraction of sp³-hybridized carbons (Fsp3) is 0.316. The first-order chi connectivity index (χ1) is 12.4. The zero-order chi connectivity index (χ0) is 19.1. The van der Waals surface area contributed by atoms with Gasteiger partial charge in [0.15, 0.2) is 11.4 Å². The van der Waals surface area contributed by atoms with Gasteiger partial charge in [-0.1, -0.05) is 44.2 Å². The molecule has 0 fully saturated rings. The summed E-state index contributed by atoms with van der Waals surface area (Å²) < 4.78 is 0. The SMILES string of the molecule is CC(C)CNC(=O)C(Cc1ccccc1)NC(=O)c1[nH]ccc(=O)c1O.Cl. The lowest BCUT2D eigenvalue weighted by molar-refractivity contribution is -0.123. The van der Waals surface area contributed by atoms with Crippen molar-refractivity contribution >= 4 is 24.2 Å². The Bertz CT molecular complexity index is 821. The van der Waals surface area contributed by atoms with E-state index in [9.17, 15) is 19.5 Å². The van der Waals surface area contributed by atoms with Crippen molar-refractivity contribution in [1.29, 1.82) is 0 Å². The van der Waals surface area contributed by atoms with E-state index in [1.807, 2.05) is 44.2 Å². The number of amides is 2. The van der Waals surface area contributed by atoms with Crippen LogP contribution in [0.25, 0.3) is 0 Å². The first kappa shape index (κ1) is 22.2. The molecule has 2 amide bonds. The largest absolute Gasteiger partial charge is 0.503 e. The number of aromatic amines is 1. The predicted molar refractivity (Wildman–Crippen MR) is 105 cm³/mol. The van der Waals surface area contributed by atoms with Gasteiger partial charge in [0.1, 0.15) is 6.04 Å². The zero-order valence-corrected chi connectivity index (χ0v) is 16.0. The van der Waals surface area contributed by atoms with E-state index in [0.29, 0.717) is 6.54 Å². The molecular weight excluding hydrogens is 370 g/mol. The van der Waals surface area contributed by atoms with E-state index < -0.39 is 23.1 Å². The number of carbonyl (C=O) groups is 2. The Hall–Kier alpha value is -2.80. The highest BCUT2D eigenvalue weighted by Gasteiger charge is 2.24. The Balaban J connectivity index is 0.00000364. The van der Waals surface area contributed by atoms with Gasteiger partial charge in [0.25, 0.3) is 5.91 Å². The number of H-pyrrole nitrogens is 1. The third-order valence-corrected chi connectivity index (χ3v) is 3.75. The van der Waals surface area contributed by atoms with Crippen molar-refractivity contribution in [3.05, 3.63) is 64.1 Å². The van der Waals surface area contributed by atoms with Crippen molar-refractivity contribution in [2.75, 3.05) is 6.54 Å². The van der Waals surface area contributed by atoms with Crippen LogP contribution >= 0.6 is 12.4 Å². The van der Waals surface area contributed by atoms with E-state index >= 15 is 0 Å². The summed E-state index contributed by atoms with van der Waals surface area (Å²) in [5, 5.41) is 15.2. The molecule has 0 aliphatic rings. The second kappa shape index (κ2) is 10.4. The molecule has 0 saturated heterocycles. The molecule has 0 radical (unpaired) electrons. The third kappa shape index (κ3) is 6.45. The van der Waals surface area contributed by atoms with Gasteiger partial charge in [-0.05, 0) is 11.5 Å². The zero-order valence-electron chi connectivity index (χ0n) is 15.2. The van der Waals surface area contributed by atoms with E-state index in [1.54, 1.807) is 0 Å². The van der Waals surface area contributed by atoms with E-state index in [1.165, 1.54) is 6.20 Å². The van der Waals surface area contributed by atoms with Crippen LogP contribution in [0.5, 0.6) is 5.75 Å². The minimum absolute atomic E-state index is 0. The van der Waals surface area contributed by atoms with Crippen LogP contribution in [-0.2, 0) is 11.2 Å². The number of nitrogens with one attached hydrogen (secondary N) is 3. The van der Waals surface area contributed by atoms with Crippen LogP contribution in [0.15, 0.2) is 47.4 Å². The monoisotopic (exact) mass is 393 g/mol. The lowest BCUT2D eigenvalue weighted by Crippen LogP contribution is -2.49. The van der Waals surface area contributed by atoms with Crippen LogP contribution in [0.3, 0.4) is 0 Å². The Labute approximate surface area is 163 Å². The average Bonchev–Trinajstić information content (AvgIpc) is 2.62. The quantitative estimate of drug-likeness (QED) is 0.572. The molecule has 2 rings (SSSR count). The molecule has 0 aliphatic heterocycles. The normalized spacial score (nSPS) is 11.4. The Morgan fingerprint density at radius 2 is 1.81 bits per heavy atom. The second-order valence-corrected chi connectivity index (χ2v) is 6.42. The number of pyridine rings is 1. The number of benzene rings is 1. The van der Waals surface area contributed by atoms with Gasteiger partial charge >= 0.3 is 0 Å². The summed E-state index contributed by atoms with van der Waals surface area (Å²) in [6, 6.07) is 9.55. The number of carbonyl (C=O) groups excluding carboxylic acids is 2. The van der Waals surface area contributed by atoms with Crippen LogP contribution in [0.4, 0.5) is 0 Å². The average molecular weight is 394 g/mol.